The summed E-state index contributed by atoms with van der Waals surface area (Å²) < 4.78 is 70.9. The molecule has 1 aromatic rings. The van der Waals surface area contributed by atoms with E-state index in [1.807, 2.05) is 0 Å². The van der Waals surface area contributed by atoms with Crippen LogP contribution in [0.1, 0.15) is 39.2 Å². The van der Waals surface area contributed by atoms with E-state index in [0.717, 1.165) is 18.2 Å². The van der Waals surface area contributed by atoms with E-state index in [-0.39, 0.29) is 0 Å². The lowest BCUT2D eigenvalue weighted by atomic mass is 10.1. The Morgan fingerprint density at radius 3 is 2.30 bits per heavy atom. The largest absolute Gasteiger partial charge is 0.444 e. The fourth-order valence-electron chi connectivity index (χ4n) is 2.63. The van der Waals surface area contributed by atoms with Crippen LogP contribution in [-0.2, 0) is 20.9 Å². The van der Waals surface area contributed by atoms with Crippen LogP contribution in [-0.4, -0.2) is 44.1 Å². The van der Waals surface area contributed by atoms with Gasteiger partial charge in [0.2, 0.25) is 10.0 Å². The van der Waals surface area contributed by atoms with Gasteiger partial charge in [-0.15, -0.1) is 0 Å². The van der Waals surface area contributed by atoms with Crippen molar-refractivity contribution in [2.45, 2.75) is 56.3 Å². The van der Waals surface area contributed by atoms with Crippen molar-refractivity contribution in [2.75, 3.05) is 13.1 Å². The molecule has 6 nitrogen and oxygen atoms in total. The molecule has 2 rings (SSSR count). The average Bonchev–Trinajstić information content (AvgIpc) is 2.53. The van der Waals surface area contributed by atoms with Crippen molar-refractivity contribution < 1.29 is 31.1 Å². The van der Waals surface area contributed by atoms with Crippen LogP contribution in [0.4, 0.5) is 18.0 Å². The monoisotopic (exact) mass is 408 g/mol. The number of carbonyl (C=O) groups excluding carboxylic acids is 1. The number of piperidine rings is 1. The number of amides is 1. The summed E-state index contributed by atoms with van der Waals surface area (Å²) in [4.78, 5) is 13.1. The quantitative estimate of drug-likeness (QED) is 0.832. The molecule has 27 heavy (non-hydrogen) atoms. The molecule has 152 valence electrons. The molecule has 0 spiro atoms. The zero-order valence-electron chi connectivity index (χ0n) is 15.3. The Labute approximate surface area is 156 Å². The summed E-state index contributed by atoms with van der Waals surface area (Å²) in [5.41, 5.74) is -1.65. The van der Waals surface area contributed by atoms with Crippen LogP contribution in [0.5, 0.6) is 0 Å². The number of hydrogen-bond donors (Lipinski definition) is 1. The molecule has 0 bridgehead atoms. The summed E-state index contributed by atoms with van der Waals surface area (Å²) >= 11 is 0. The van der Waals surface area contributed by atoms with Gasteiger partial charge in [0.1, 0.15) is 5.60 Å². The summed E-state index contributed by atoms with van der Waals surface area (Å²) in [7, 11) is -4.09. The molecule has 1 fully saturated rings. The summed E-state index contributed by atoms with van der Waals surface area (Å²) in [6, 6.07) is 3.13. The first-order valence-corrected chi connectivity index (χ1v) is 9.94. The van der Waals surface area contributed by atoms with Gasteiger partial charge >= 0.3 is 12.3 Å². The molecule has 0 atom stereocenters. The van der Waals surface area contributed by atoms with Gasteiger partial charge in [-0.1, -0.05) is 6.07 Å². The number of hydrogen-bond acceptors (Lipinski definition) is 4. The Bertz CT molecular complexity index is 780. The van der Waals surface area contributed by atoms with Gasteiger partial charge in [-0.2, -0.15) is 13.2 Å². The van der Waals surface area contributed by atoms with Crippen LogP contribution in [0.25, 0.3) is 0 Å². The first-order valence-electron chi connectivity index (χ1n) is 8.45. The third-order valence-electron chi connectivity index (χ3n) is 3.94. The maximum atomic E-state index is 12.8. The number of nitrogens with zero attached hydrogens (tertiary/aromatic N) is 1. The van der Waals surface area contributed by atoms with Gasteiger partial charge in [0, 0.05) is 19.1 Å². The minimum atomic E-state index is -4.62. The number of benzene rings is 1. The Kier molecular flexibility index (Phi) is 6.10. The van der Waals surface area contributed by atoms with E-state index in [0.29, 0.717) is 32.0 Å². The topological polar surface area (TPSA) is 75.7 Å². The number of sulfonamides is 1. The molecule has 0 saturated carbocycles. The van der Waals surface area contributed by atoms with Crippen LogP contribution in [0, 0.1) is 0 Å². The zero-order chi connectivity index (χ0) is 20.5. The van der Waals surface area contributed by atoms with E-state index in [1.165, 1.54) is 4.90 Å². The lowest BCUT2D eigenvalue weighted by molar-refractivity contribution is -0.137. The first kappa shape index (κ1) is 21.5. The lowest BCUT2D eigenvalue weighted by Gasteiger charge is -2.33. The molecule has 1 aliphatic rings. The highest BCUT2D eigenvalue weighted by molar-refractivity contribution is 7.89. The maximum absolute atomic E-state index is 12.8. The van der Waals surface area contributed by atoms with Crippen LogP contribution in [0.15, 0.2) is 29.2 Å². The average molecular weight is 408 g/mol. The van der Waals surface area contributed by atoms with Crippen LogP contribution in [0.2, 0.25) is 0 Å². The first-order chi connectivity index (χ1) is 12.3. The number of alkyl halides is 3. The Hall–Kier alpha value is -1.81. The zero-order valence-corrected chi connectivity index (χ0v) is 16.2. The number of halogens is 3. The van der Waals surface area contributed by atoms with Crippen molar-refractivity contribution in [1.29, 1.82) is 0 Å². The van der Waals surface area contributed by atoms with Gasteiger partial charge in [-0.05, 0) is 51.8 Å². The SMILES string of the molecule is CC(C)(C)OC(=O)N1CCC(NS(=O)(=O)c2cccc(C(F)(F)F)c2)CC1. The summed E-state index contributed by atoms with van der Waals surface area (Å²) in [5.74, 6) is 0. The second-order valence-corrected chi connectivity index (χ2v) is 9.10. The maximum Gasteiger partial charge on any atom is 0.416 e. The predicted octanol–water partition coefficient (Wildman–Crippen LogP) is 3.38. The van der Waals surface area contributed by atoms with Crippen molar-refractivity contribution in [3.05, 3.63) is 29.8 Å². The van der Waals surface area contributed by atoms with E-state index in [2.05, 4.69) is 4.72 Å². The molecule has 1 N–H and O–H groups in total. The predicted molar refractivity (Wildman–Crippen MR) is 92.6 cm³/mol. The standard InChI is InChI=1S/C17H23F3N2O4S/c1-16(2,3)26-15(23)22-9-7-13(8-10-22)21-27(24,25)14-6-4-5-12(11-14)17(18,19)20/h4-6,11,13,21H,7-10H2,1-3H3. The summed E-state index contributed by atoms with van der Waals surface area (Å²) in [5, 5.41) is 0. The Balaban J connectivity index is 1.99. The van der Waals surface area contributed by atoms with Gasteiger partial charge in [0.15, 0.2) is 0 Å². The van der Waals surface area contributed by atoms with Crippen LogP contribution >= 0.6 is 0 Å². The number of likely N-dealkylation sites (tertiary alicyclic amines) is 1. The molecule has 1 saturated heterocycles. The third kappa shape index (κ3) is 6.10. The van der Waals surface area contributed by atoms with E-state index >= 15 is 0 Å². The Morgan fingerprint density at radius 2 is 1.78 bits per heavy atom. The third-order valence-corrected chi connectivity index (χ3v) is 5.46. The highest BCUT2D eigenvalue weighted by atomic mass is 32.2. The van der Waals surface area contributed by atoms with E-state index in [4.69, 9.17) is 4.74 Å². The smallest absolute Gasteiger partial charge is 0.416 e. The number of ether oxygens (including phenoxy) is 1. The Morgan fingerprint density at radius 1 is 1.19 bits per heavy atom. The number of carbonyl (C=O) groups is 1. The fraction of sp³-hybridized carbons (Fsp3) is 0.588. The van der Waals surface area contributed by atoms with E-state index in [1.54, 1.807) is 20.8 Å². The molecular formula is C17H23F3N2O4S. The molecule has 10 heteroatoms. The molecule has 0 radical (unpaired) electrons. The molecule has 0 aromatic heterocycles. The molecule has 0 aliphatic carbocycles. The molecule has 0 unspecified atom stereocenters. The molecule has 1 aromatic carbocycles. The van der Waals surface area contributed by atoms with Crippen molar-refractivity contribution >= 4 is 16.1 Å². The van der Waals surface area contributed by atoms with Gasteiger partial charge in [0.25, 0.3) is 0 Å². The van der Waals surface area contributed by atoms with Crippen molar-refractivity contribution in [1.82, 2.24) is 9.62 Å². The molecule has 1 aliphatic heterocycles. The number of rotatable bonds is 3. The molecule has 1 amide bonds. The fourth-order valence-corrected chi connectivity index (χ4v) is 3.98. The van der Waals surface area contributed by atoms with Crippen molar-refractivity contribution in [3.63, 3.8) is 0 Å². The normalized spacial score (nSPS) is 17.0. The minimum absolute atomic E-state index is 0.296. The van der Waals surface area contributed by atoms with Crippen LogP contribution in [0.3, 0.4) is 0 Å². The molecule has 1 heterocycles. The van der Waals surface area contributed by atoms with Gasteiger partial charge in [-0.25, -0.2) is 17.9 Å². The van der Waals surface area contributed by atoms with Crippen LogP contribution < -0.4 is 4.72 Å². The van der Waals surface area contributed by atoms with E-state index < -0.39 is 44.4 Å². The molecular weight excluding hydrogens is 385 g/mol. The van der Waals surface area contributed by atoms with Gasteiger partial charge < -0.3 is 9.64 Å². The summed E-state index contributed by atoms with van der Waals surface area (Å²) in [6.45, 7) is 5.85. The second kappa shape index (κ2) is 7.67. The highest BCUT2D eigenvalue weighted by Gasteiger charge is 2.33. The lowest BCUT2D eigenvalue weighted by Crippen LogP contribution is -2.47. The van der Waals surface area contributed by atoms with Gasteiger partial charge in [0.05, 0.1) is 10.5 Å². The minimum Gasteiger partial charge on any atom is -0.444 e. The summed E-state index contributed by atoms with van der Waals surface area (Å²) in [6.07, 6.45) is -4.40. The number of nitrogens with one attached hydrogen (secondary N) is 1. The van der Waals surface area contributed by atoms with Gasteiger partial charge in [-0.3, -0.25) is 0 Å². The highest BCUT2D eigenvalue weighted by Crippen LogP contribution is 2.30. The van der Waals surface area contributed by atoms with Crippen molar-refractivity contribution in [3.8, 4) is 0 Å². The second-order valence-electron chi connectivity index (χ2n) is 7.39. The van der Waals surface area contributed by atoms with Crippen molar-refractivity contribution in [2.24, 2.45) is 0 Å². The van der Waals surface area contributed by atoms with E-state index in [9.17, 15) is 26.4 Å².